The summed E-state index contributed by atoms with van der Waals surface area (Å²) in [5.41, 5.74) is 4.11. The fraction of sp³-hybridized carbons (Fsp3) is 0.235. The number of benzene rings is 1. The van der Waals surface area contributed by atoms with Crippen LogP contribution >= 0.6 is 0 Å². The third-order valence-electron chi connectivity index (χ3n) is 3.64. The highest BCUT2D eigenvalue weighted by Gasteiger charge is 2.12. The number of hydrogen-bond donors (Lipinski definition) is 2. The largest absolute Gasteiger partial charge is 0.444 e. The molecule has 1 amide bonds. The van der Waals surface area contributed by atoms with Crippen molar-refractivity contribution >= 4 is 5.91 Å². The van der Waals surface area contributed by atoms with E-state index in [1.165, 1.54) is 5.56 Å². The molecule has 0 fully saturated rings. The molecule has 0 spiro atoms. The molecule has 0 aliphatic rings. The highest BCUT2D eigenvalue weighted by Crippen LogP contribution is 2.18. The summed E-state index contributed by atoms with van der Waals surface area (Å²) < 4.78 is 5.43. The van der Waals surface area contributed by atoms with E-state index in [4.69, 9.17) is 4.42 Å². The molecule has 0 unspecified atom stereocenters. The van der Waals surface area contributed by atoms with Gasteiger partial charge in [0.05, 0.1) is 17.9 Å². The Morgan fingerprint density at radius 2 is 1.96 bits per heavy atom. The summed E-state index contributed by atoms with van der Waals surface area (Å²) in [6.45, 7) is 5.98. The third kappa shape index (κ3) is 3.31. The molecule has 3 rings (SSSR count). The average Bonchev–Trinajstić information content (AvgIpc) is 3.13. The summed E-state index contributed by atoms with van der Waals surface area (Å²) in [5, 5.41) is 9.71. The zero-order valence-corrected chi connectivity index (χ0v) is 13.3. The highest BCUT2D eigenvalue weighted by atomic mass is 16.4. The molecule has 6 heteroatoms. The lowest BCUT2D eigenvalue weighted by molar-refractivity contribution is 0.0942. The lowest BCUT2D eigenvalue weighted by Crippen LogP contribution is -2.23. The SMILES string of the molecule is Cc1ccc(-c2cc(C(=O)NCc3nc(C)c(C)o3)[nH]n2)cc1. The summed E-state index contributed by atoms with van der Waals surface area (Å²) >= 11 is 0. The van der Waals surface area contributed by atoms with Crippen LogP contribution in [0.1, 0.15) is 33.4 Å². The molecule has 2 aromatic heterocycles. The van der Waals surface area contributed by atoms with Crippen LogP contribution in [-0.2, 0) is 6.54 Å². The van der Waals surface area contributed by atoms with Gasteiger partial charge in [0.2, 0.25) is 5.89 Å². The first-order valence-corrected chi connectivity index (χ1v) is 7.36. The van der Waals surface area contributed by atoms with Crippen LogP contribution in [0, 0.1) is 20.8 Å². The van der Waals surface area contributed by atoms with Gasteiger partial charge in [-0.2, -0.15) is 5.10 Å². The first-order chi connectivity index (χ1) is 11.0. The van der Waals surface area contributed by atoms with E-state index in [1.54, 1.807) is 6.07 Å². The molecule has 6 nitrogen and oxygen atoms in total. The molecule has 0 aliphatic heterocycles. The molecule has 0 radical (unpaired) electrons. The van der Waals surface area contributed by atoms with E-state index in [0.29, 0.717) is 11.6 Å². The highest BCUT2D eigenvalue weighted by molar-refractivity contribution is 5.93. The van der Waals surface area contributed by atoms with Gasteiger partial charge in [0.25, 0.3) is 5.91 Å². The smallest absolute Gasteiger partial charge is 0.269 e. The molecule has 0 bridgehead atoms. The molecule has 0 saturated carbocycles. The lowest BCUT2D eigenvalue weighted by atomic mass is 10.1. The maximum absolute atomic E-state index is 12.2. The van der Waals surface area contributed by atoms with Crippen LogP contribution in [0.3, 0.4) is 0 Å². The summed E-state index contributed by atoms with van der Waals surface area (Å²) in [6, 6.07) is 9.71. The topological polar surface area (TPSA) is 83.8 Å². The zero-order chi connectivity index (χ0) is 16.4. The van der Waals surface area contributed by atoms with E-state index >= 15 is 0 Å². The van der Waals surface area contributed by atoms with Crippen LogP contribution in [0.2, 0.25) is 0 Å². The van der Waals surface area contributed by atoms with Crippen LogP contribution in [0.15, 0.2) is 34.7 Å². The molecule has 23 heavy (non-hydrogen) atoms. The van der Waals surface area contributed by atoms with Gasteiger partial charge in [-0.1, -0.05) is 29.8 Å². The number of rotatable bonds is 4. The minimum absolute atomic E-state index is 0.242. The number of nitrogens with one attached hydrogen (secondary N) is 2. The maximum atomic E-state index is 12.2. The molecule has 2 N–H and O–H groups in total. The Morgan fingerprint density at radius 1 is 1.22 bits per heavy atom. The van der Waals surface area contributed by atoms with Gasteiger partial charge in [-0.15, -0.1) is 0 Å². The zero-order valence-electron chi connectivity index (χ0n) is 13.3. The van der Waals surface area contributed by atoms with Crippen molar-refractivity contribution in [3.05, 3.63) is 58.9 Å². The second-order valence-electron chi connectivity index (χ2n) is 5.46. The molecule has 2 heterocycles. The lowest BCUT2D eigenvalue weighted by Gasteiger charge is -1.99. The fourth-order valence-electron chi connectivity index (χ4n) is 2.18. The van der Waals surface area contributed by atoms with E-state index in [2.05, 4.69) is 20.5 Å². The maximum Gasteiger partial charge on any atom is 0.269 e. The summed E-state index contributed by atoms with van der Waals surface area (Å²) in [7, 11) is 0. The normalized spacial score (nSPS) is 10.7. The van der Waals surface area contributed by atoms with Crippen LogP contribution < -0.4 is 5.32 Å². The molecule has 0 atom stereocenters. The molecular weight excluding hydrogens is 292 g/mol. The van der Waals surface area contributed by atoms with E-state index in [1.807, 2.05) is 45.0 Å². The van der Waals surface area contributed by atoms with Gasteiger partial charge in [0, 0.05) is 5.56 Å². The van der Waals surface area contributed by atoms with E-state index < -0.39 is 0 Å². The Balaban J connectivity index is 1.67. The van der Waals surface area contributed by atoms with Crippen molar-refractivity contribution in [2.24, 2.45) is 0 Å². The van der Waals surface area contributed by atoms with E-state index in [-0.39, 0.29) is 12.5 Å². The first kappa shape index (κ1) is 15.0. The van der Waals surface area contributed by atoms with Gasteiger partial charge >= 0.3 is 0 Å². The van der Waals surface area contributed by atoms with E-state index in [9.17, 15) is 4.79 Å². The van der Waals surface area contributed by atoms with Crippen molar-refractivity contribution in [2.45, 2.75) is 27.3 Å². The molecular formula is C17H18N4O2. The molecule has 1 aromatic carbocycles. The van der Waals surface area contributed by atoms with Crippen molar-refractivity contribution in [2.75, 3.05) is 0 Å². The van der Waals surface area contributed by atoms with Crippen LogP contribution in [0.4, 0.5) is 0 Å². The number of nitrogens with zero attached hydrogens (tertiary/aromatic N) is 2. The number of carbonyl (C=O) groups is 1. The fourth-order valence-corrected chi connectivity index (χ4v) is 2.18. The Labute approximate surface area is 133 Å². The number of amides is 1. The minimum atomic E-state index is -0.246. The van der Waals surface area contributed by atoms with Crippen molar-refractivity contribution in [3.63, 3.8) is 0 Å². The van der Waals surface area contributed by atoms with Gasteiger partial charge in [-0.05, 0) is 26.8 Å². The number of aromatic nitrogens is 3. The average molecular weight is 310 g/mol. The summed E-state index contributed by atoms with van der Waals surface area (Å²) in [5.74, 6) is 1.01. The monoisotopic (exact) mass is 310 g/mol. The minimum Gasteiger partial charge on any atom is -0.444 e. The third-order valence-corrected chi connectivity index (χ3v) is 3.64. The molecule has 3 aromatic rings. The Morgan fingerprint density at radius 3 is 2.61 bits per heavy atom. The van der Waals surface area contributed by atoms with Crippen molar-refractivity contribution in [1.29, 1.82) is 0 Å². The van der Waals surface area contributed by atoms with Crippen LogP contribution in [-0.4, -0.2) is 21.1 Å². The second-order valence-corrected chi connectivity index (χ2v) is 5.46. The molecule has 0 aliphatic carbocycles. The molecule has 0 saturated heterocycles. The predicted octanol–water partition coefficient (Wildman–Crippen LogP) is 2.92. The Hall–Kier alpha value is -2.89. The number of aryl methyl sites for hydroxylation is 3. The van der Waals surface area contributed by atoms with Gasteiger partial charge < -0.3 is 9.73 Å². The number of aromatic amines is 1. The van der Waals surface area contributed by atoms with Crippen LogP contribution in [0.25, 0.3) is 11.3 Å². The summed E-state index contributed by atoms with van der Waals surface area (Å²) in [4.78, 5) is 16.4. The van der Waals surface area contributed by atoms with Crippen molar-refractivity contribution < 1.29 is 9.21 Å². The number of H-pyrrole nitrogens is 1. The Bertz CT molecular complexity index is 811. The summed E-state index contributed by atoms with van der Waals surface area (Å²) in [6.07, 6.45) is 0. The molecule has 118 valence electrons. The van der Waals surface area contributed by atoms with Crippen molar-refractivity contribution in [1.82, 2.24) is 20.5 Å². The van der Waals surface area contributed by atoms with E-state index in [0.717, 1.165) is 22.7 Å². The number of oxazole rings is 1. The number of hydrogen-bond acceptors (Lipinski definition) is 4. The quantitative estimate of drug-likeness (QED) is 0.776. The second kappa shape index (κ2) is 6.08. The van der Waals surface area contributed by atoms with Gasteiger partial charge in [0.1, 0.15) is 11.5 Å². The predicted molar refractivity (Wildman–Crippen MR) is 85.9 cm³/mol. The van der Waals surface area contributed by atoms with Gasteiger partial charge in [-0.3, -0.25) is 9.89 Å². The first-order valence-electron chi connectivity index (χ1n) is 7.36. The van der Waals surface area contributed by atoms with Gasteiger partial charge in [-0.25, -0.2) is 4.98 Å². The number of carbonyl (C=O) groups excluding carboxylic acids is 1. The van der Waals surface area contributed by atoms with Crippen molar-refractivity contribution in [3.8, 4) is 11.3 Å². The van der Waals surface area contributed by atoms with Crippen LogP contribution in [0.5, 0.6) is 0 Å². The standard InChI is InChI=1S/C17H18N4O2/c1-10-4-6-13(7-5-10)14-8-15(21-20-14)17(22)18-9-16-19-11(2)12(3)23-16/h4-8H,9H2,1-3H3,(H,18,22)(H,20,21). The van der Waals surface area contributed by atoms with Gasteiger partial charge in [0.15, 0.2) is 0 Å². The Kier molecular flexibility index (Phi) is 3.97.